The van der Waals surface area contributed by atoms with Crippen molar-refractivity contribution < 1.29 is 4.74 Å². The largest absolute Gasteiger partial charge is 0.379 e. The number of ether oxygens (including phenoxy) is 1. The van der Waals surface area contributed by atoms with E-state index in [9.17, 15) is 0 Å². The van der Waals surface area contributed by atoms with Crippen molar-refractivity contribution in [1.82, 2.24) is 14.9 Å². The number of anilines is 1. The smallest absolute Gasteiger partial charge is 0.146 e. The highest BCUT2D eigenvalue weighted by atomic mass is 32.1. The minimum atomic E-state index is 0.819. The molecular formula is C20H30N4OS. The van der Waals surface area contributed by atoms with Gasteiger partial charge in [-0.2, -0.15) is 0 Å². The summed E-state index contributed by atoms with van der Waals surface area (Å²) in [6.45, 7) is 11.0. The molecule has 0 atom stereocenters. The van der Waals surface area contributed by atoms with Gasteiger partial charge in [0.2, 0.25) is 0 Å². The summed E-state index contributed by atoms with van der Waals surface area (Å²) in [7, 11) is 0. The quantitative estimate of drug-likeness (QED) is 0.740. The number of rotatable bonds is 7. The summed E-state index contributed by atoms with van der Waals surface area (Å²) < 4.78 is 5.48. The Hall–Kier alpha value is -1.24. The number of morpholine rings is 1. The number of nitrogens with zero attached hydrogens (tertiary/aromatic N) is 4. The average Bonchev–Trinajstić information content (AvgIpc) is 3.24. The SMILES string of the molecule is CCCCN(CC)c1nc(CN2CCOCC2)nc2sc3c(c12)CCC3. The first-order valence-corrected chi connectivity index (χ1v) is 11.0. The predicted molar refractivity (Wildman–Crippen MR) is 108 cm³/mol. The number of aromatic nitrogens is 2. The molecule has 5 nitrogen and oxygen atoms in total. The van der Waals surface area contributed by atoms with Gasteiger partial charge in [0, 0.05) is 31.1 Å². The van der Waals surface area contributed by atoms with Gasteiger partial charge in [-0.05, 0) is 38.2 Å². The first kappa shape index (κ1) is 18.1. The zero-order chi connectivity index (χ0) is 17.9. The third-order valence-corrected chi connectivity index (χ3v) is 6.71. The molecule has 0 aromatic carbocycles. The van der Waals surface area contributed by atoms with Crippen LogP contribution in [0.2, 0.25) is 0 Å². The molecular weight excluding hydrogens is 344 g/mol. The Bertz CT molecular complexity index is 754. The van der Waals surface area contributed by atoms with Gasteiger partial charge in [-0.25, -0.2) is 9.97 Å². The van der Waals surface area contributed by atoms with Gasteiger partial charge in [-0.15, -0.1) is 11.3 Å². The monoisotopic (exact) mass is 374 g/mol. The zero-order valence-electron chi connectivity index (χ0n) is 16.1. The maximum atomic E-state index is 5.48. The number of aryl methyl sites for hydroxylation is 2. The Labute approximate surface area is 160 Å². The molecule has 0 unspecified atom stereocenters. The van der Waals surface area contributed by atoms with Gasteiger partial charge in [-0.1, -0.05) is 13.3 Å². The second-order valence-electron chi connectivity index (χ2n) is 7.32. The Morgan fingerprint density at radius 3 is 2.77 bits per heavy atom. The van der Waals surface area contributed by atoms with Crippen LogP contribution in [0.3, 0.4) is 0 Å². The van der Waals surface area contributed by atoms with E-state index in [4.69, 9.17) is 14.7 Å². The van der Waals surface area contributed by atoms with Gasteiger partial charge >= 0.3 is 0 Å². The highest BCUT2D eigenvalue weighted by Crippen LogP contribution is 2.40. The fraction of sp³-hybridized carbons (Fsp3) is 0.700. The van der Waals surface area contributed by atoms with E-state index in [0.29, 0.717) is 0 Å². The fourth-order valence-corrected chi connectivity index (χ4v) is 5.32. The van der Waals surface area contributed by atoms with E-state index in [1.807, 2.05) is 11.3 Å². The average molecular weight is 375 g/mol. The lowest BCUT2D eigenvalue weighted by Gasteiger charge is -2.27. The zero-order valence-corrected chi connectivity index (χ0v) is 16.9. The van der Waals surface area contributed by atoms with Crippen molar-refractivity contribution >= 4 is 27.4 Å². The lowest BCUT2D eigenvalue weighted by molar-refractivity contribution is 0.0331. The van der Waals surface area contributed by atoms with Crippen molar-refractivity contribution in [3.05, 3.63) is 16.3 Å². The first-order valence-electron chi connectivity index (χ1n) is 10.2. The molecule has 0 radical (unpaired) electrons. The van der Waals surface area contributed by atoms with Crippen LogP contribution in [0.5, 0.6) is 0 Å². The number of fused-ring (bicyclic) bond motifs is 3. The number of hydrogen-bond donors (Lipinski definition) is 0. The summed E-state index contributed by atoms with van der Waals surface area (Å²) in [5, 5.41) is 1.35. The summed E-state index contributed by atoms with van der Waals surface area (Å²) >= 11 is 1.91. The lowest BCUT2D eigenvalue weighted by Crippen LogP contribution is -2.36. The normalized spacial score (nSPS) is 17.8. The maximum absolute atomic E-state index is 5.48. The van der Waals surface area contributed by atoms with E-state index in [-0.39, 0.29) is 0 Å². The van der Waals surface area contributed by atoms with Gasteiger partial charge in [0.15, 0.2) is 0 Å². The lowest BCUT2D eigenvalue weighted by atomic mass is 10.1. The van der Waals surface area contributed by atoms with Crippen LogP contribution in [0.15, 0.2) is 0 Å². The summed E-state index contributed by atoms with van der Waals surface area (Å²) in [6.07, 6.45) is 6.13. The van der Waals surface area contributed by atoms with E-state index in [2.05, 4.69) is 23.6 Å². The van der Waals surface area contributed by atoms with E-state index < -0.39 is 0 Å². The topological polar surface area (TPSA) is 41.5 Å². The van der Waals surface area contributed by atoms with Crippen molar-refractivity contribution in [2.75, 3.05) is 44.3 Å². The molecule has 1 aliphatic carbocycles. The summed E-state index contributed by atoms with van der Waals surface area (Å²) in [4.78, 5) is 17.7. The molecule has 1 aliphatic heterocycles. The highest BCUT2D eigenvalue weighted by molar-refractivity contribution is 7.19. The Balaban J connectivity index is 1.72. The molecule has 0 amide bonds. The second kappa shape index (κ2) is 8.19. The van der Waals surface area contributed by atoms with Gasteiger partial charge in [0.05, 0.1) is 25.1 Å². The van der Waals surface area contributed by atoms with E-state index >= 15 is 0 Å². The van der Waals surface area contributed by atoms with Gasteiger partial charge in [0.1, 0.15) is 16.5 Å². The van der Waals surface area contributed by atoms with E-state index in [1.165, 1.54) is 53.7 Å². The molecule has 0 spiro atoms. The molecule has 0 saturated carbocycles. The van der Waals surface area contributed by atoms with Crippen molar-refractivity contribution in [3.63, 3.8) is 0 Å². The Morgan fingerprint density at radius 1 is 1.15 bits per heavy atom. The molecule has 6 heteroatoms. The van der Waals surface area contributed by atoms with Crippen LogP contribution in [0, 0.1) is 0 Å². The summed E-state index contributed by atoms with van der Waals surface area (Å²) in [5.41, 5.74) is 1.54. The van der Waals surface area contributed by atoms with E-state index in [1.54, 1.807) is 4.88 Å². The number of thiophene rings is 1. The van der Waals surface area contributed by atoms with Crippen LogP contribution in [0.1, 0.15) is 49.4 Å². The molecule has 2 aromatic heterocycles. The molecule has 3 heterocycles. The van der Waals surface area contributed by atoms with Gasteiger partial charge in [-0.3, -0.25) is 4.90 Å². The molecule has 2 aromatic rings. The minimum Gasteiger partial charge on any atom is -0.379 e. The second-order valence-corrected chi connectivity index (χ2v) is 8.41. The van der Waals surface area contributed by atoms with Crippen LogP contribution in [0.4, 0.5) is 5.82 Å². The number of hydrogen-bond acceptors (Lipinski definition) is 6. The minimum absolute atomic E-state index is 0.819. The van der Waals surface area contributed by atoms with Crippen LogP contribution in [-0.2, 0) is 24.1 Å². The Kier molecular flexibility index (Phi) is 5.72. The van der Waals surface area contributed by atoms with Gasteiger partial charge in [0.25, 0.3) is 0 Å². The van der Waals surface area contributed by atoms with Crippen molar-refractivity contribution in [1.29, 1.82) is 0 Å². The molecule has 142 valence electrons. The third-order valence-electron chi connectivity index (χ3n) is 5.52. The Morgan fingerprint density at radius 2 is 2.00 bits per heavy atom. The van der Waals surface area contributed by atoms with Crippen molar-refractivity contribution in [2.45, 2.75) is 52.5 Å². The fourth-order valence-electron chi connectivity index (χ4n) is 4.04. The maximum Gasteiger partial charge on any atom is 0.146 e. The molecule has 1 fully saturated rings. The summed E-state index contributed by atoms with van der Waals surface area (Å²) in [6, 6.07) is 0. The van der Waals surface area contributed by atoms with E-state index in [0.717, 1.165) is 51.8 Å². The standard InChI is InChI=1S/C20H30N4OS/c1-3-5-9-24(4-2)19-18-15-7-6-8-16(15)26-20(18)22-17(21-19)14-23-10-12-25-13-11-23/h3-14H2,1-2H3. The van der Waals surface area contributed by atoms with Crippen LogP contribution in [-0.4, -0.2) is 54.3 Å². The molecule has 0 bridgehead atoms. The molecule has 0 N–H and O–H groups in total. The summed E-state index contributed by atoms with van der Waals surface area (Å²) in [5.74, 6) is 2.16. The molecule has 2 aliphatic rings. The van der Waals surface area contributed by atoms with Crippen molar-refractivity contribution in [2.24, 2.45) is 0 Å². The van der Waals surface area contributed by atoms with Crippen LogP contribution < -0.4 is 4.90 Å². The molecule has 1 saturated heterocycles. The molecule has 26 heavy (non-hydrogen) atoms. The first-order chi connectivity index (χ1) is 12.8. The van der Waals surface area contributed by atoms with Gasteiger partial charge < -0.3 is 9.64 Å². The van der Waals surface area contributed by atoms with Crippen molar-refractivity contribution in [3.8, 4) is 0 Å². The van der Waals surface area contributed by atoms with Crippen LogP contribution in [0.25, 0.3) is 10.2 Å². The van der Waals surface area contributed by atoms with Crippen LogP contribution >= 0.6 is 11.3 Å². The third kappa shape index (κ3) is 3.59. The highest BCUT2D eigenvalue weighted by Gasteiger charge is 2.25. The molecule has 4 rings (SSSR count). The number of unbranched alkanes of at least 4 members (excludes halogenated alkanes) is 1. The predicted octanol–water partition coefficient (Wildman–Crippen LogP) is 3.64.